The fourth-order valence-corrected chi connectivity index (χ4v) is 2.54. The van der Waals surface area contributed by atoms with Crippen molar-refractivity contribution in [3.8, 4) is 0 Å². The minimum atomic E-state index is -0.469. The number of amides is 1. The number of carbonyl (C=O) groups excluding carboxylic acids is 2. The quantitative estimate of drug-likeness (QED) is 0.804. The number of ether oxygens (including phenoxy) is 1. The molecule has 1 aliphatic heterocycles. The molecule has 0 spiro atoms. The van der Waals surface area contributed by atoms with Crippen LogP contribution in [0.25, 0.3) is 0 Å². The third kappa shape index (κ3) is 4.83. The molecule has 0 N–H and O–H groups in total. The highest BCUT2D eigenvalue weighted by Gasteiger charge is 2.28. The zero-order valence-corrected chi connectivity index (χ0v) is 13.5. The van der Waals surface area contributed by atoms with E-state index in [1.54, 1.807) is 23.2 Å². The Morgan fingerprint density at radius 3 is 2.50 bits per heavy atom. The molecule has 1 amide bonds. The van der Waals surface area contributed by atoms with Crippen LogP contribution in [-0.2, 0) is 4.74 Å². The standard InChI is InChI=1S/C17H24N2O3/c1-17(2,3)22-16(21)19-10-7-13(8-11-19)12-15(20)14-6-4-5-9-18-14/h4-6,9,13H,7-8,10-12H2,1-3H3. The third-order valence-corrected chi connectivity index (χ3v) is 3.69. The Kier molecular flexibility index (Phi) is 5.16. The van der Waals surface area contributed by atoms with E-state index in [1.165, 1.54) is 0 Å². The van der Waals surface area contributed by atoms with Crippen LogP contribution in [0, 0.1) is 5.92 Å². The Bertz CT molecular complexity index is 514. The Hall–Kier alpha value is -1.91. The molecule has 0 unspecified atom stereocenters. The molecule has 1 aromatic heterocycles. The number of carbonyl (C=O) groups is 2. The molecule has 0 aromatic carbocycles. The fourth-order valence-electron chi connectivity index (χ4n) is 2.54. The highest BCUT2D eigenvalue weighted by molar-refractivity contribution is 5.94. The van der Waals surface area contributed by atoms with Crippen molar-refractivity contribution in [1.29, 1.82) is 0 Å². The fraction of sp³-hybridized carbons (Fsp3) is 0.588. The first kappa shape index (κ1) is 16.5. The first-order valence-electron chi connectivity index (χ1n) is 7.77. The lowest BCUT2D eigenvalue weighted by atomic mass is 9.91. The van der Waals surface area contributed by atoms with Gasteiger partial charge in [0.15, 0.2) is 5.78 Å². The van der Waals surface area contributed by atoms with Crippen LogP contribution in [0.15, 0.2) is 24.4 Å². The molecular formula is C17H24N2O3. The van der Waals surface area contributed by atoms with Gasteiger partial charge in [-0.05, 0) is 51.7 Å². The van der Waals surface area contributed by atoms with Crippen molar-refractivity contribution in [2.45, 2.75) is 45.6 Å². The van der Waals surface area contributed by atoms with Crippen LogP contribution in [0.4, 0.5) is 4.79 Å². The van der Waals surface area contributed by atoms with Crippen molar-refractivity contribution in [2.75, 3.05) is 13.1 Å². The van der Waals surface area contributed by atoms with E-state index in [4.69, 9.17) is 4.74 Å². The summed E-state index contributed by atoms with van der Waals surface area (Å²) in [7, 11) is 0. The van der Waals surface area contributed by atoms with Crippen LogP contribution >= 0.6 is 0 Å². The molecule has 120 valence electrons. The molecule has 0 aliphatic carbocycles. The van der Waals surface area contributed by atoms with Crippen molar-refractivity contribution >= 4 is 11.9 Å². The first-order valence-corrected chi connectivity index (χ1v) is 7.77. The highest BCUT2D eigenvalue weighted by atomic mass is 16.6. The summed E-state index contributed by atoms with van der Waals surface area (Å²) in [6.45, 7) is 6.89. The highest BCUT2D eigenvalue weighted by Crippen LogP contribution is 2.23. The summed E-state index contributed by atoms with van der Waals surface area (Å²) >= 11 is 0. The zero-order chi connectivity index (χ0) is 16.2. The molecule has 1 saturated heterocycles. The number of likely N-dealkylation sites (tertiary alicyclic amines) is 1. The van der Waals surface area contributed by atoms with Crippen molar-refractivity contribution in [1.82, 2.24) is 9.88 Å². The Morgan fingerprint density at radius 1 is 1.27 bits per heavy atom. The van der Waals surface area contributed by atoms with Crippen molar-refractivity contribution < 1.29 is 14.3 Å². The molecule has 0 saturated carbocycles. The molecule has 1 fully saturated rings. The smallest absolute Gasteiger partial charge is 0.410 e. The average Bonchev–Trinajstić information content (AvgIpc) is 2.47. The van der Waals surface area contributed by atoms with E-state index in [2.05, 4.69) is 4.98 Å². The summed E-state index contributed by atoms with van der Waals surface area (Å²) in [4.78, 5) is 30.0. The summed E-state index contributed by atoms with van der Waals surface area (Å²) < 4.78 is 5.37. The number of nitrogens with zero attached hydrogens (tertiary/aromatic N) is 2. The Labute approximate surface area is 131 Å². The molecule has 2 heterocycles. The maximum absolute atomic E-state index is 12.1. The van der Waals surface area contributed by atoms with Gasteiger partial charge in [0.25, 0.3) is 0 Å². The van der Waals surface area contributed by atoms with E-state index < -0.39 is 5.60 Å². The Balaban J connectivity index is 1.80. The number of hydrogen-bond acceptors (Lipinski definition) is 4. The summed E-state index contributed by atoms with van der Waals surface area (Å²) in [6.07, 6.45) is 3.54. The summed E-state index contributed by atoms with van der Waals surface area (Å²) in [6, 6.07) is 5.37. The van der Waals surface area contributed by atoms with Gasteiger partial charge in [0.2, 0.25) is 0 Å². The number of hydrogen-bond donors (Lipinski definition) is 0. The van der Waals surface area contributed by atoms with Crippen LogP contribution in [0.5, 0.6) is 0 Å². The number of piperidine rings is 1. The minimum absolute atomic E-state index is 0.0799. The zero-order valence-electron chi connectivity index (χ0n) is 13.5. The molecule has 1 aromatic rings. The maximum atomic E-state index is 12.1. The monoisotopic (exact) mass is 304 g/mol. The molecule has 5 heteroatoms. The summed E-state index contributed by atoms with van der Waals surface area (Å²) in [5, 5.41) is 0. The van der Waals surface area contributed by atoms with Crippen LogP contribution in [0.1, 0.15) is 50.5 Å². The molecule has 5 nitrogen and oxygen atoms in total. The summed E-state index contributed by atoms with van der Waals surface area (Å²) in [5.74, 6) is 0.393. The number of aromatic nitrogens is 1. The minimum Gasteiger partial charge on any atom is -0.444 e. The van der Waals surface area contributed by atoms with Gasteiger partial charge in [-0.25, -0.2) is 4.79 Å². The number of rotatable bonds is 3. The van der Waals surface area contributed by atoms with Gasteiger partial charge in [0.1, 0.15) is 11.3 Å². The molecule has 0 bridgehead atoms. The van der Waals surface area contributed by atoms with Crippen LogP contribution < -0.4 is 0 Å². The molecular weight excluding hydrogens is 280 g/mol. The van der Waals surface area contributed by atoms with Crippen molar-refractivity contribution in [2.24, 2.45) is 5.92 Å². The van der Waals surface area contributed by atoms with Gasteiger partial charge < -0.3 is 9.64 Å². The lowest BCUT2D eigenvalue weighted by molar-refractivity contribution is 0.0183. The van der Waals surface area contributed by atoms with Crippen LogP contribution in [0.3, 0.4) is 0 Å². The normalized spacial score (nSPS) is 16.4. The molecule has 0 radical (unpaired) electrons. The van der Waals surface area contributed by atoms with Gasteiger partial charge in [-0.1, -0.05) is 6.07 Å². The summed E-state index contributed by atoms with van der Waals surface area (Å²) in [5.41, 5.74) is 0.0557. The lowest BCUT2D eigenvalue weighted by Gasteiger charge is -2.33. The van der Waals surface area contributed by atoms with E-state index in [-0.39, 0.29) is 11.9 Å². The Morgan fingerprint density at radius 2 is 1.95 bits per heavy atom. The van der Waals surface area contributed by atoms with Gasteiger partial charge >= 0.3 is 6.09 Å². The second kappa shape index (κ2) is 6.90. The van der Waals surface area contributed by atoms with E-state index >= 15 is 0 Å². The number of ketones is 1. The van der Waals surface area contributed by atoms with Gasteiger partial charge in [0.05, 0.1) is 0 Å². The van der Waals surface area contributed by atoms with Gasteiger partial charge in [0, 0.05) is 25.7 Å². The largest absolute Gasteiger partial charge is 0.444 e. The second-order valence-electron chi connectivity index (χ2n) is 6.75. The SMILES string of the molecule is CC(C)(C)OC(=O)N1CCC(CC(=O)c2ccccn2)CC1. The van der Waals surface area contributed by atoms with Crippen molar-refractivity contribution in [3.63, 3.8) is 0 Å². The second-order valence-corrected chi connectivity index (χ2v) is 6.75. The van der Waals surface area contributed by atoms with Crippen molar-refractivity contribution in [3.05, 3.63) is 30.1 Å². The predicted molar refractivity (Wildman–Crippen MR) is 83.7 cm³/mol. The van der Waals surface area contributed by atoms with E-state index in [0.717, 1.165) is 12.8 Å². The van der Waals surface area contributed by atoms with Gasteiger partial charge in [-0.2, -0.15) is 0 Å². The number of Topliss-reactive ketones (excluding diaryl/α,β-unsaturated/α-hetero) is 1. The van der Waals surface area contributed by atoms with Crippen LogP contribution in [0.2, 0.25) is 0 Å². The van der Waals surface area contributed by atoms with Gasteiger partial charge in [-0.3, -0.25) is 9.78 Å². The molecule has 1 aliphatic rings. The predicted octanol–water partition coefficient (Wildman–Crippen LogP) is 3.30. The van der Waals surface area contributed by atoms with E-state index in [9.17, 15) is 9.59 Å². The topological polar surface area (TPSA) is 59.5 Å². The molecule has 2 rings (SSSR count). The van der Waals surface area contributed by atoms with E-state index in [1.807, 2.05) is 26.8 Å². The van der Waals surface area contributed by atoms with Crippen LogP contribution in [-0.4, -0.2) is 40.5 Å². The van der Waals surface area contributed by atoms with E-state index in [0.29, 0.717) is 31.1 Å². The number of pyridine rings is 1. The first-order chi connectivity index (χ1) is 10.3. The maximum Gasteiger partial charge on any atom is 0.410 e. The lowest BCUT2D eigenvalue weighted by Crippen LogP contribution is -2.42. The average molecular weight is 304 g/mol. The van der Waals surface area contributed by atoms with Gasteiger partial charge in [-0.15, -0.1) is 0 Å². The molecule has 0 atom stereocenters. The third-order valence-electron chi connectivity index (χ3n) is 3.69. The molecule has 22 heavy (non-hydrogen) atoms.